The number of rotatable bonds is 6. The minimum Gasteiger partial charge on any atom is -0.327 e. The van der Waals surface area contributed by atoms with Crippen LogP contribution in [0.1, 0.15) is 33.1 Å². The van der Waals surface area contributed by atoms with Gasteiger partial charge in [0.2, 0.25) is 0 Å². The van der Waals surface area contributed by atoms with Gasteiger partial charge in [0, 0.05) is 24.2 Å². The molecule has 4 heteroatoms. The molecule has 0 bridgehead atoms. The summed E-state index contributed by atoms with van der Waals surface area (Å²) in [5.41, 5.74) is 22.8. The molecular formula is C9H24N4. The largest absolute Gasteiger partial charge is 0.327 e. The Balaban J connectivity index is 3.45. The first-order valence-electron chi connectivity index (χ1n) is 4.97. The van der Waals surface area contributed by atoms with Crippen molar-refractivity contribution < 1.29 is 0 Å². The molecule has 0 aliphatic rings. The van der Waals surface area contributed by atoms with E-state index >= 15 is 0 Å². The molecule has 80 valence electrons. The zero-order valence-corrected chi connectivity index (χ0v) is 8.74. The summed E-state index contributed by atoms with van der Waals surface area (Å²) in [5.74, 6) is 0. The molecule has 0 aliphatic carbocycles. The fourth-order valence-corrected chi connectivity index (χ4v) is 1.12. The average Bonchev–Trinajstić information content (AvgIpc) is 2.03. The summed E-state index contributed by atoms with van der Waals surface area (Å²) in [7, 11) is 0. The monoisotopic (exact) mass is 188 g/mol. The zero-order valence-electron chi connectivity index (χ0n) is 8.74. The summed E-state index contributed by atoms with van der Waals surface area (Å²) >= 11 is 0. The van der Waals surface area contributed by atoms with Crippen LogP contribution in [0.5, 0.6) is 0 Å². The molecule has 0 fully saturated rings. The molecule has 4 unspecified atom stereocenters. The van der Waals surface area contributed by atoms with E-state index < -0.39 is 0 Å². The van der Waals surface area contributed by atoms with Gasteiger partial charge in [-0.05, 0) is 26.7 Å². The van der Waals surface area contributed by atoms with Gasteiger partial charge in [-0.3, -0.25) is 0 Å². The third-order valence-electron chi connectivity index (χ3n) is 2.43. The Morgan fingerprint density at radius 1 is 0.769 bits per heavy atom. The van der Waals surface area contributed by atoms with Crippen molar-refractivity contribution in [2.24, 2.45) is 22.9 Å². The molecule has 0 saturated heterocycles. The summed E-state index contributed by atoms with van der Waals surface area (Å²) in [6.45, 7) is 3.85. The number of hydrogen-bond acceptors (Lipinski definition) is 4. The fraction of sp³-hybridized carbons (Fsp3) is 1.00. The smallest absolute Gasteiger partial charge is 0.0189 e. The van der Waals surface area contributed by atoms with Crippen molar-refractivity contribution in [1.29, 1.82) is 0 Å². The van der Waals surface area contributed by atoms with Crippen LogP contribution in [0.25, 0.3) is 0 Å². The normalized spacial score (nSPS) is 20.8. The molecule has 4 atom stereocenters. The first-order chi connectivity index (χ1) is 5.95. The summed E-state index contributed by atoms with van der Waals surface area (Å²) in [6, 6.07) is 0.290. The lowest BCUT2D eigenvalue weighted by atomic mass is 10.00. The maximum atomic E-state index is 5.78. The lowest BCUT2D eigenvalue weighted by molar-refractivity contribution is 0.450. The molecule has 0 heterocycles. The Morgan fingerprint density at radius 3 is 1.31 bits per heavy atom. The summed E-state index contributed by atoms with van der Waals surface area (Å²) < 4.78 is 0. The van der Waals surface area contributed by atoms with E-state index in [2.05, 4.69) is 0 Å². The van der Waals surface area contributed by atoms with E-state index in [1.807, 2.05) is 13.8 Å². The van der Waals surface area contributed by atoms with E-state index in [9.17, 15) is 0 Å². The van der Waals surface area contributed by atoms with E-state index in [0.717, 1.165) is 19.3 Å². The first kappa shape index (κ1) is 12.8. The fourth-order valence-electron chi connectivity index (χ4n) is 1.12. The second kappa shape index (κ2) is 6.32. The maximum absolute atomic E-state index is 5.78. The lowest BCUT2D eigenvalue weighted by Crippen LogP contribution is -2.41. The van der Waals surface area contributed by atoms with Crippen molar-refractivity contribution >= 4 is 0 Å². The van der Waals surface area contributed by atoms with Crippen LogP contribution in [0.3, 0.4) is 0 Å². The molecule has 13 heavy (non-hydrogen) atoms. The highest BCUT2D eigenvalue weighted by Crippen LogP contribution is 2.04. The van der Waals surface area contributed by atoms with Gasteiger partial charge >= 0.3 is 0 Å². The van der Waals surface area contributed by atoms with Gasteiger partial charge in [0.05, 0.1) is 0 Å². The van der Waals surface area contributed by atoms with Crippen LogP contribution in [-0.4, -0.2) is 24.2 Å². The minimum atomic E-state index is 0.0616. The summed E-state index contributed by atoms with van der Waals surface area (Å²) in [6.07, 6.45) is 2.86. The van der Waals surface area contributed by atoms with E-state index in [1.54, 1.807) is 0 Å². The summed E-state index contributed by atoms with van der Waals surface area (Å²) in [4.78, 5) is 0. The van der Waals surface area contributed by atoms with Gasteiger partial charge in [0.25, 0.3) is 0 Å². The molecule has 8 N–H and O–H groups in total. The molecule has 0 aliphatic heterocycles. The van der Waals surface area contributed by atoms with Gasteiger partial charge in [-0.2, -0.15) is 0 Å². The third-order valence-corrected chi connectivity index (χ3v) is 2.43. The lowest BCUT2D eigenvalue weighted by Gasteiger charge is -2.18. The second-order valence-electron chi connectivity index (χ2n) is 3.98. The molecule has 0 amide bonds. The average molecular weight is 188 g/mol. The number of nitrogens with two attached hydrogens (primary N) is 4. The van der Waals surface area contributed by atoms with E-state index in [0.29, 0.717) is 0 Å². The minimum absolute atomic E-state index is 0.0616. The van der Waals surface area contributed by atoms with Crippen LogP contribution in [-0.2, 0) is 0 Å². The molecule has 0 radical (unpaired) electrons. The van der Waals surface area contributed by atoms with Crippen molar-refractivity contribution in [2.45, 2.75) is 57.3 Å². The van der Waals surface area contributed by atoms with Crippen molar-refractivity contribution in [3.05, 3.63) is 0 Å². The molecular weight excluding hydrogens is 164 g/mol. The van der Waals surface area contributed by atoms with E-state index in [4.69, 9.17) is 22.9 Å². The highest BCUT2D eigenvalue weighted by Gasteiger charge is 2.10. The first-order valence-corrected chi connectivity index (χ1v) is 4.97. The number of hydrogen-bond donors (Lipinski definition) is 4. The van der Waals surface area contributed by atoms with Crippen LogP contribution in [0.2, 0.25) is 0 Å². The van der Waals surface area contributed by atoms with E-state index in [1.165, 1.54) is 0 Å². The van der Waals surface area contributed by atoms with Crippen molar-refractivity contribution in [1.82, 2.24) is 0 Å². The van der Waals surface area contributed by atoms with Gasteiger partial charge in [-0.1, -0.05) is 6.42 Å². The molecule has 0 aromatic carbocycles. The standard InChI is InChI=1S/C9H24N4/c1-6(10)8(12)4-3-5-9(13)7(2)11/h6-9H,3-5,10-13H2,1-2H3. The van der Waals surface area contributed by atoms with Crippen molar-refractivity contribution in [3.8, 4) is 0 Å². The van der Waals surface area contributed by atoms with Crippen molar-refractivity contribution in [2.75, 3.05) is 0 Å². The van der Waals surface area contributed by atoms with Crippen LogP contribution in [0.4, 0.5) is 0 Å². The molecule has 0 aromatic rings. The van der Waals surface area contributed by atoms with E-state index in [-0.39, 0.29) is 24.2 Å². The molecule has 0 spiro atoms. The molecule has 0 saturated carbocycles. The highest BCUT2D eigenvalue weighted by atomic mass is 14.8. The molecule has 0 aromatic heterocycles. The Labute approximate surface area is 81.0 Å². The molecule has 4 nitrogen and oxygen atoms in total. The Morgan fingerprint density at radius 2 is 1.08 bits per heavy atom. The summed E-state index contributed by atoms with van der Waals surface area (Å²) in [5, 5.41) is 0. The van der Waals surface area contributed by atoms with Gasteiger partial charge < -0.3 is 22.9 Å². The van der Waals surface area contributed by atoms with Gasteiger partial charge in [0.1, 0.15) is 0 Å². The van der Waals surface area contributed by atoms with Crippen LogP contribution >= 0.6 is 0 Å². The van der Waals surface area contributed by atoms with Gasteiger partial charge in [-0.25, -0.2) is 0 Å². The SMILES string of the molecule is CC(N)C(N)CCCC(N)C(C)N. The third kappa shape index (κ3) is 5.99. The van der Waals surface area contributed by atoms with Crippen LogP contribution in [0, 0.1) is 0 Å². The highest BCUT2D eigenvalue weighted by molar-refractivity contribution is 4.75. The van der Waals surface area contributed by atoms with Gasteiger partial charge in [0.15, 0.2) is 0 Å². The maximum Gasteiger partial charge on any atom is 0.0189 e. The Bertz CT molecular complexity index is 111. The predicted octanol–water partition coefficient (Wildman–Crippen LogP) is -0.494. The van der Waals surface area contributed by atoms with Gasteiger partial charge in [-0.15, -0.1) is 0 Å². The predicted molar refractivity (Wildman–Crippen MR) is 57.1 cm³/mol. The van der Waals surface area contributed by atoms with Crippen molar-refractivity contribution in [3.63, 3.8) is 0 Å². The molecule has 0 rings (SSSR count). The Kier molecular flexibility index (Phi) is 6.24. The zero-order chi connectivity index (χ0) is 10.4. The van der Waals surface area contributed by atoms with Crippen LogP contribution in [0.15, 0.2) is 0 Å². The Hall–Kier alpha value is -0.160. The topological polar surface area (TPSA) is 104 Å². The quantitative estimate of drug-likeness (QED) is 0.451. The second-order valence-corrected chi connectivity index (χ2v) is 3.98. The van der Waals surface area contributed by atoms with Crippen LogP contribution < -0.4 is 22.9 Å².